The van der Waals surface area contributed by atoms with Crippen molar-refractivity contribution in [2.45, 2.75) is 59.3 Å². The third kappa shape index (κ3) is 9.90. The van der Waals surface area contributed by atoms with Gasteiger partial charge in [0.2, 0.25) is 0 Å². The summed E-state index contributed by atoms with van der Waals surface area (Å²) in [6.07, 6.45) is 0. The van der Waals surface area contributed by atoms with Crippen LogP contribution in [0.5, 0.6) is 0 Å². The molecule has 0 N–H and O–H groups in total. The molecule has 0 aliphatic heterocycles. The van der Waals surface area contributed by atoms with Crippen LogP contribution in [0.4, 0.5) is 0 Å². The molecule has 10 aromatic rings. The number of benzene rings is 8. The van der Waals surface area contributed by atoms with E-state index in [9.17, 15) is 0 Å². The second kappa shape index (κ2) is 19.2. The molecule has 0 nitrogen and oxygen atoms in total. The van der Waals surface area contributed by atoms with Gasteiger partial charge in [-0.05, 0) is 44.0 Å². The van der Waals surface area contributed by atoms with Crippen LogP contribution < -0.4 is 35.2 Å². The Kier molecular flexibility index (Phi) is 14.5. The van der Waals surface area contributed by atoms with Gasteiger partial charge >= 0.3 is 99.8 Å². The zero-order valence-electron chi connectivity index (χ0n) is 36.2. The van der Waals surface area contributed by atoms with E-state index in [1.807, 2.05) is 0 Å². The van der Waals surface area contributed by atoms with Crippen molar-refractivity contribution in [3.8, 4) is 11.1 Å². The molecule has 0 unspecified atom stereocenters. The van der Waals surface area contributed by atoms with Gasteiger partial charge in [-0.1, -0.05) is 144 Å². The summed E-state index contributed by atoms with van der Waals surface area (Å²) in [5.74, 6) is 0. The minimum atomic E-state index is -0.455. The van der Waals surface area contributed by atoms with E-state index < -0.39 is 5.43 Å². The summed E-state index contributed by atoms with van der Waals surface area (Å²) < 4.78 is 0. The fourth-order valence-electron chi connectivity index (χ4n) is 8.28. The molecular weight excluding hydrogens is 875 g/mol. The second-order valence-electron chi connectivity index (χ2n) is 17.8. The van der Waals surface area contributed by atoms with Crippen LogP contribution in [-0.2, 0) is 34.2 Å². The Balaban J connectivity index is 0.000000156. The quantitative estimate of drug-likeness (QED) is 0.0949. The molecule has 4 heteroatoms. The van der Waals surface area contributed by atoms with Crippen LogP contribution in [0.15, 0.2) is 188 Å². The molecule has 0 heterocycles. The molecule has 61 heavy (non-hydrogen) atoms. The third-order valence-corrected chi connectivity index (χ3v) is 17.7. The molecule has 10 aromatic carbocycles. The summed E-state index contributed by atoms with van der Waals surface area (Å²) >= 11 is 1.64. The number of hydrogen-bond donors (Lipinski definition) is 0. The predicted molar refractivity (Wildman–Crippen MR) is 257 cm³/mol. The number of rotatable bonds is 3. The van der Waals surface area contributed by atoms with Gasteiger partial charge in [0.1, 0.15) is 0 Å². The van der Waals surface area contributed by atoms with Crippen molar-refractivity contribution < 1.29 is 48.1 Å². The number of aryl methyl sites for hydroxylation is 1. The van der Waals surface area contributed by atoms with Gasteiger partial charge in [0.15, 0.2) is 0 Å². The van der Waals surface area contributed by atoms with Crippen molar-refractivity contribution in [2.75, 3.05) is 0 Å². The first-order chi connectivity index (χ1) is 28.4. The monoisotopic (exact) mass is 924 g/mol. The average Bonchev–Trinajstić information content (AvgIpc) is 3.83. The summed E-state index contributed by atoms with van der Waals surface area (Å²) in [5, 5.41) is 16.5. The van der Waals surface area contributed by atoms with Crippen LogP contribution in [0.2, 0.25) is 0 Å². The summed E-state index contributed by atoms with van der Waals surface area (Å²) in [6, 6.07) is 68.7. The van der Waals surface area contributed by atoms with E-state index >= 15 is 0 Å². The van der Waals surface area contributed by atoms with E-state index in [1.54, 1.807) is 23.3 Å². The minimum absolute atomic E-state index is 0. The van der Waals surface area contributed by atoms with E-state index in [0.29, 0.717) is 0 Å². The molecule has 0 spiro atoms. The van der Waals surface area contributed by atoms with E-state index in [2.05, 4.69) is 237 Å². The molecule has 0 atom stereocenters. The molecule has 0 amide bonds. The fraction of sp³-hybridized carbons (Fsp3) is 0.158. The van der Waals surface area contributed by atoms with Crippen molar-refractivity contribution in [1.82, 2.24) is 0 Å². The average molecular weight is 927 g/mol. The van der Waals surface area contributed by atoms with Crippen LogP contribution in [-0.4, -0.2) is 5.43 Å². The van der Waals surface area contributed by atoms with E-state index in [1.165, 1.54) is 92.1 Å². The zero-order valence-corrected chi connectivity index (χ0v) is 41.1. The van der Waals surface area contributed by atoms with Gasteiger partial charge in [-0.25, -0.2) is 0 Å². The molecule has 0 saturated heterocycles. The Morgan fingerprint density at radius 1 is 0.443 bits per heavy atom. The van der Waals surface area contributed by atoms with Crippen LogP contribution in [0.1, 0.15) is 58.2 Å². The molecule has 10 rings (SSSR count). The Morgan fingerprint density at radius 3 is 1.48 bits per heavy atom. The van der Waals surface area contributed by atoms with Crippen LogP contribution >= 0.6 is 0 Å². The molecule has 0 aromatic heterocycles. The third-order valence-electron chi connectivity index (χ3n) is 11.6. The van der Waals surface area contributed by atoms with Crippen molar-refractivity contribution in [1.29, 1.82) is 0 Å². The van der Waals surface area contributed by atoms with Crippen molar-refractivity contribution in [2.24, 2.45) is 0 Å². The Morgan fingerprint density at radius 2 is 0.934 bits per heavy atom. The van der Waals surface area contributed by atoms with Crippen molar-refractivity contribution >= 4 is 69.7 Å². The van der Waals surface area contributed by atoms with E-state index in [0.717, 1.165) is 0 Å². The first-order valence-corrected chi connectivity index (χ1v) is 25.9. The van der Waals surface area contributed by atoms with Crippen LogP contribution in [0.3, 0.4) is 0 Å². The van der Waals surface area contributed by atoms with Gasteiger partial charge in [0.25, 0.3) is 0 Å². The van der Waals surface area contributed by atoms with Crippen LogP contribution in [0.25, 0.3) is 65.0 Å². The fourth-order valence-corrected chi connectivity index (χ4v) is 12.1. The van der Waals surface area contributed by atoms with Gasteiger partial charge in [0, 0.05) is 0 Å². The Labute approximate surface area is 390 Å². The molecule has 0 saturated carbocycles. The Bertz CT molecular complexity index is 2980. The molecular formula is C57H52Cl2SiZr-2. The second-order valence-corrected chi connectivity index (χ2v) is 23.4. The van der Waals surface area contributed by atoms with Crippen LogP contribution in [0, 0.1) is 6.92 Å². The van der Waals surface area contributed by atoms with Gasteiger partial charge in [-0.3, -0.25) is 0 Å². The van der Waals surface area contributed by atoms with Gasteiger partial charge in [-0.15, -0.1) is 68.7 Å². The number of halogens is 2. The normalized spacial score (nSPS) is 11.4. The summed E-state index contributed by atoms with van der Waals surface area (Å²) in [4.78, 5) is 0. The van der Waals surface area contributed by atoms with Gasteiger partial charge in [0.05, 0.1) is 0 Å². The Hall–Kier alpha value is -4.56. The zero-order chi connectivity index (χ0) is 41.3. The predicted octanol–water partition coefficient (Wildman–Crippen LogP) is 8.49. The first-order valence-electron chi connectivity index (χ1n) is 20.8. The molecule has 0 bridgehead atoms. The summed E-state index contributed by atoms with van der Waals surface area (Å²) in [6.45, 7) is 15.8. The first kappa shape index (κ1) is 46.0. The van der Waals surface area contributed by atoms with Crippen molar-refractivity contribution in [3.63, 3.8) is 0 Å². The topological polar surface area (TPSA) is 0 Å². The molecule has 0 fully saturated rings. The molecule has 0 radical (unpaired) electrons. The van der Waals surface area contributed by atoms with E-state index in [4.69, 9.17) is 0 Å². The van der Waals surface area contributed by atoms with Crippen molar-refractivity contribution in [3.05, 3.63) is 205 Å². The summed E-state index contributed by atoms with van der Waals surface area (Å²) in [5.41, 5.74) is 6.76. The summed E-state index contributed by atoms with van der Waals surface area (Å²) in [7, 11) is 0. The maximum absolute atomic E-state index is 2.35. The van der Waals surface area contributed by atoms with Gasteiger partial charge in [-0.2, -0.15) is 11.6 Å². The molecule has 304 valence electrons. The van der Waals surface area contributed by atoms with E-state index in [-0.39, 0.29) is 35.6 Å². The number of hydrogen-bond acceptors (Lipinski definition) is 0. The number of fused-ring (bicyclic) bond motifs is 7. The maximum atomic E-state index is 2.35. The standard InChI is InChI=1S/C24H17.C21H25.C12H10Si.2ClH.Zr/c1-16-13-14-17-8-6-12-22(24(16)17)23-15-18-7-2-3-9-19(18)20-10-4-5-11-21(20)23;1-20(2,3)16-7-9-18-14(12-16)11-15-13-17(21(4,5)6)8-10-19(15)18;1-3-7-11(8-4-1)13-12-9-5-2-6-10-12;;;/h2-15H,1H3;7-13H,1-6H3;1-10H;2*1H;/q2*-1;;;;+2/p-2. The van der Waals surface area contributed by atoms with Gasteiger partial charge < -0.3 is 24.8 Å². The molecule has 0 aliphatic carbocycles. The molecule has 0 aliphatic rings. The SMILES string of the molecule is CC(C)(C)c1ccc2c(c1)[cH-]c1cc(C(C)(C)C)ccc12.Cc1c[cH-]c2cccc(-c3cc4ccccc4c4ccccc34)c12.[Cl-].[Cl-].[Zr+2]=[Si](c1ccccc1)c1ccccc1.